The van der Waals surface area contributed by atoms with Crippen molar-refractivity contribution in [3.63, 3.8) is 0 Å². The zero-order valence-corrected chi connectivity index (χ0v) is 11.5. The van der Waals surface area contributed by atoms with Crippen LogP contribution >= 0.6 is 0 Å². The van der Waals surface area contributed by atoms with Gasteiger partial charge in [0, 0.05) is 25.8 Å². The Morgan fingerprint density at radius 1 is 1.58 bits per heavy atom. The Morgan fingerprint density at radius 3 is 3.00 bits per heavy atom. The smallest absolute Gasteiger partial charge is 0.244 e. The van der Waals surface area contributed by atoms with Crippen LogP contribution in [0, 0.1) is 6.92 Å². The summed E-state index contributed by atoms with van der Waals surface area (Å²) in [5.41, 5.74) is 9.01. The Hall–Kier alpha value is -1.59. The van der Waals surface area contributed by atoms with E-state index in [0.717, 1.165) is 23.4 Å². The van der Waals surface area contributed by atoms with Crippen LogP contribution in [0.3, 0.4) is 0 Å². The fourth-order valence-electron chi connectivity index (χ4n) is 2.38. The first-order valence-electron chi connectivity index (χ1n) is 6.53. The molecule has 19 heavy (non-hydrogen) atoms. The molecular formula is C14H21N3O2. The Morgan fingerprint density at radius 2 is 2.37 bits per heavy atom. The molecule has 0 aliphatic carbocycles. The number of benzene rings is 1. The Kier molecular flexibility index (Phi) is 4.39. The Labute approximate surface area is 113 Å². The summed E-state index contributed by atoms with van der Waals surface area (Å²) in [6.45, 7) is 4.37. The molecule has 1 aromatic rings. The third-order valence-electron chi connectivity index (χ3n) is 3.56. The molecule has 0 aromatic heterocycles. The monoisotopic (exact) mass is 263 g/mol. The van der Waals surface area contributed by atoms with Crippen molar-refractivity contribution in [2.75, 3.05) is 31.7 Å². The molecule has 1 saturated heterocycles. The summed E-state index contributed by atoms with van der Waals surface area (Å²) in [7, 11) is 1.65. The summed E-state index contributed by atoms with van der Waals surface area (Å²) < 4.78 is 5.41. The van der Waals surface area contributed by atoms with Crippen molar-refractivity contribution >= 4 is 11.6 Å². The van der Waals surface area contributed by atoms with Gasteiger partial charge in [-0.3, -0.25) is 4.79 Å². The third kappa shape index (κ3) is 2.88. The number of aryl methyl sites for hydroxylation is 1. The fraction of sp³-hybridized carbons (Fsp3) is 0.500. The summed E-state index contributed by atoms with van der Waals surface area (Å²) in [4.78, 5) is 14.0. The van der Waals surface area contributed by atoms with Crippen molar-refractivity contribution < 1.29 is 9.53 Å². The largest absolute Gasteiger partial charge is 0.377 e. The normalized spacial score (nSPS) is 19.3. The van der Waals surface area contributed by atoms with E-state index in [2.05, 4.69) is 16.3 Å². The molecule has 1 atom stereocenters. The summed E-state index contributed by atoms with van der Waals surface area (Å²) in [5.74, 6) is -0.0137. The van der Waals surface area contributed by atoms with Gasteiger partial charge in [-0.25, -0.2) is 0 Å². The van der Waals surface area contributed by atoms with Crippen LogP contribution in [0.25, 0.3) is 0 Å². The number of nitrogens with one attached hydrogen (secondary N) is 1. The van der Waals surface area contributed by atoms with Crippen LogP contribution in [0.4, 0.5) is 5.69 Å². The minimum atomic E-state index is -0.262. The van der Waals surface area contributed by atoms with Gasteiger partial charge in [0.15, 0.2) is 0 Å². The first-order chi connectivity index (χ1) is 9.17. The number of rotatable bonds is 3. The van der Waals surface area contributed by atoms with E-state index in [0.29, 0.717) is 19.8 Å². The highest BCUT2D eigenvalue weighted by Crippen LogP contribution is 2.23. The minimum absolute atomic E-state index is 0.0137. The predicted octanol–water partition coefficient (Wildman–Crippen LogP) is 0.405. The lowest BCUT2D eigenvalue weighted by atomic mass is 10.1. The van der Waals surface area contributed by atoms with Crippen LogP contribution in [0.15, 0.2) is 18.2 Å². The van der Waals surface area contributed by atoms with E-state index in [4.69, 9.17) is 10.5 Å². The van der Waals surface area contributed by atoms with Gasteiger partial charge in [0.1, 0.15) is 6.04 Å². The number of hydrogen-bond acceptors (Lipinski definition) is 4. The van der Waals surface area contributed by atoms with E-state index in [-0.39, 0.29) is 11.9 Å². The average Bonchev–Trinajstić information content (AvgIpc) is 2.46. The molecule has 2 rings (SSSR count). The molecule has 0 radical (unpaired) electrons. The van der Waals surface area contributed by atoms with Crippen molar-refractivity contribution in [2.45, 2.75) is 19.5 Å². The van der Waals surface area contributed by atoms with Gasteiger partial charge in [-0.05, 0) is 30.2 Å². The first-order valence-corrected chi connectivity index (χ1v) is 6.53. The van der Waals surface area contributed by atoms with Gasteiger partial charge in [0.25, 0.3) is 0 Å². The third-order valence-corrected chi connectivity index (χ3v) is 3.56. The van der Waals surface area contributed by atoms with E-state index in [9.17, 15) is 4.79 Å². The minimum Gasteiger partial charge on any atom is -0.377 e. The maximum atomic E-state index is 11.9. The molecule has 1 fully saturated rings. The number of carbonyl (C=O) groups excluding carboxylic acids is 1. The van der Waals surface area contributed by atoms with Gasteiger partial charge in [0.2, 0.25) is 5.91 Å². The molecular weight excluding hydrogens is 242 g/mol. The van der Waals surface area contributed by atoms with Gasteiger partial charge in [0.05, 0.1) is 13.2 Å². The predicted molar refractivity (Wildman–Crippen MR) is 75.1 cm³/mol. The summed E-state index contributed by atoms with van der Waals surface area (Å²) in [6.07, 6.45) is 0. The van der Waals surface area contributed by atoms with E-state index < -0.39 is 0 Å². The van der Waals surface area contributed by atoms with Crippen molar-refractivity contribution in [1.82, 2.24) is 5.32 Å². The van der Waals surface area contributed by atoms with Crippen LogP contribution in [-0.2, 0) is 16.1 Å². The number of morpholine rings is 1. The quantitative estimate of drug-likeness (QED) is 0.828. The number of nitrogens with two attached hydrogens (primary N) is 1. The lowest BCUT2D eigenvalue weighted by Gasteiger charge is -2.36. The van der Waals surface area contributed by atoms with E-state index in [1.807, 2.05) is 19.1 Å². The van der Waals surface area contributed by atoms with Crippen LogP contribution in [-0.4, -0.2) is 38.8 Å². The molecule has 1 unspecified atom stereocenters. The SMILES string of the molecule is CNC(=O)C1COCCN1c1ccc(CN)c(C)c1. The van der Waals surface area contributed by atoms with Crippen molar-refractivity contribution in [3.05, 3.63) is 29.3 Å². The average molecular weight is 263 g/mol. The molecule has 1 amide bonds. The highest BCUT2D eigenvalue weighted by Gasteiger charge is 2.29. The number of amides is 1. The first kappa shape index (κ1) is 13.8. The zero-order valence-electron chi connectivity index (χ0n) is 11.5. The van der Waals surface area contributed by atoms with Gasteiger partial charge in [-0.2, -0.15) is 0 Å². The highest BCUT2D eigenvalue weighted by atomic mass is 16.5. The van der Waals surface area contributed by atoms with E-state index >= 15 is 0 Å². The summed E-state index contributed by atoms with van der Waals surface area (Å²) in [5, 5.41) is 2.69. The molecule has 104 valence electrons. The van der Waals surface area contributed by atoms with Gasteiger partial charge in [-0.1, -0.05) is 6.07 Å². The molecule has 1 aliphatic rings. The Balaban J connectivity index is 2.27. The molecule has 1 aliphatic heterocycles. The molecule has 1 heterocycles. The summed E-state index contributed by atoms with van der Waals surface area (Å²) >= 11 is 0. The standard InChI is InChI=1S/C14H21N3O2/c1-10-7-12(4-3-11(10)8-15)17-5-6-19-9-13(17)14(18)16-2/h3-4,7,13H,5-6,8-9,15H2,1-2H3,(H,16,18). The number of nitrogens with zero attached hydrogens (tertiary/aromatic N) is 1. The van der Waals surface area contributed by atoms with Gasteiger partial charge < -0.3 is 20.7 Å². The Bertz CT molecular complexity index is 462. The zero-order chi connectivity index (χ0) is 13.8. The number of ether oxygens (including phenoxy) is 1. The van der Waals surface area contributed by atoms with Crippen molar-refractivity contribution in [3.8, 4) is 0 Å². The number of likely N-dealkylation sites (N-methyl/N-ethyl adjacent to an activating group) is 1. The molecule has 0 bridgehead atoms. The van der Waals surface area contributed by atoms with Crippen molar-refractivity contribution in [1.29, 1.82) is 0 Å². The van der Waals surface area contributed by atoms with E-state index in [1.165, 1.54) is 0 Å². The number of hydrogen-bond donors (Lipinski definition) is 2. The highest BCUT2D eigenvalue weighted by molar-refractivity contribution is 5.85. The lowest BCUT2D eigenvalue weighted by Crippen LogP contribution is -2.53. The van der Waals surface area contributed by atoms with Crippen LogP contribution in [0.5, 0.6) is 0 Å². The fourth-order valence-corrected chi connectivity index (χ4v) is 2.38. The maximum absolute atomic E-state index is 11.9. The van der Waals surface area contributed by atoms with Crippen LogP contribution in [0.1, 0.15) is 11.1 Å². The molecule has 1 aromatic carbocycles. The van der Waals surface area contributed by atoms with Crippen LogP contribution in [0.2, 0.25) is 0 Å². The molecule has 5 nitrogen and oxygen atoms in total. The molecule has 3 N–H and O–H groups in total. The van der Waals surface area contributed by atoms with E-state index in [1.54, 1.807) is 7.05 Å². The number of carbonyl (C=O) groups is 1. The molecule has 0 saturated carbocycles. The second kappa shape index (κ2) is 6.04. The molecule has 0 spiro atoms. The second-order valence-corrected chi connectivity index (χ2v) is 4.71. The summed E-state index contributed by atoms with van der Waals surface area (Å²) in [6, 6.07) is 5.88. The second-order valence-electron chi connectivity index (χ2n) is 4.71. The van der Waals surface area contributed by atoms with Gasteiger partial charge >= 0.3 is 0 Å². The number of anilines is 1. The van der Waals surface area contributed by atoms with Crippen molar-refractivity contribution in [2.24, 2.45) is 5.73 Å². The maximum Gasteiger partial charge on any atom is 0.244 e. The topological polar surface area (TPSA) is 67.6 Å². The van der Waals surface area contributed by atoms with Gasteiger partial charge in [-0.15, -0.1) is 0 Å². The lowest BCUT2D eigenvalue weighted by molar-refractivity contribution is -0.124. The van der Waals surface area contributed by atoms with Crippen LogP contribution < -0.4 is 16.0 Å². The molecule has 5 heteroatoms.